The number of morpholine rings is 1. The molecule has 1 amide bonds. The van der Waals surface area contributed by atoms with Crippen molar-refractivity contribution in [3.63, 3.8) is 0 Å². The number of carbonyl (C=O) groups is 2. The van der Waals surface area contributed by atoms with Crippen LogP contribution in [0.4, 0.5) is 0 Å². The van der Waals surface area contributed by atoms with E-state index in [2.05, 4.69) is 13.8 Å². The summed E-state index contributed by atoms with van der Waals surface area (Å²) in [7, 11) is 0. The van der Waals surface area contributed by atoms with Crippen molar-refractivity contribution in [2.75, 3.05) is 26.3 Å². The Bertz CT molecular complexity index is 543. The molecule has 0 aliphatic carbocycles. The van der Waals surface area contributed by atoms with Gasteiger partial charge in [-0.1, -0.05) is 26.0 Å². The maximum Gasteiger partial charge on any atom is 0.334 e. The minimum absolute atomic E-state index is 0.0591. The van der Waals surface area contributed by atoms with Crippen molar-refractivity contribution in [3.05, 3.63) is 29.8 Å². The molecule has 1 heterocycles. The molecule has 1 N–H and O–H groups in total. The van der Waals surface area contributed by atoms with E-state index in [1.807, 2.05) is 18.2 Å². The van der Waals surface area contributed by atoms with Gasteiger partial charge in [-0.05, 0) is 23.6 Å². The summed E-state index contributed by atoms with van der Waals surface area (Å²) in [5, 5.41) is 8.93. The van der Waals surface area contributed by atoms with Gasteiger partial charge >= 0.3 is 5.97 Å². The molecule has 120 valence electrons. The Morgan fingerprint density at radius 3 is 2.91 bits per heavy atom. The minimum Gasteiger partial charge on any atom is -0.484 e. The zero-order valence-corrected chi connectivity index (χ0v) is 12.8. The van der Waals surface area contributed by atoms with Crippen LogP contribution in [0.25, 0.3) is 0 Å². The molecule has 22 heavy (non-hydrogen) atoms. The molecular formula is C16H21NO5. The standard InChI is InChI=1S/C16H21NO5/c1-11(2)12-4-3-5-13(8-12)22-10-15(18)17-6-7-21-14(9-17)16(19)20/h3-5,8,11,14H,6-7,9-10H2,1-2H3,(H,19,20)/t14-/m0/s1. The van der Waals surface area contributed by atoms with Gasteiger partial charge in [0.1, 0.15) is 5.75 Å². The predicted octanol–water partition coefficient (Wildman–Crippen LogP) is 1.50. The molecule has 1 aliphatic heterocycles. The fourth-order valence-corrected chi connectivity index (χ4v) is 2.23. The van der Waals surface area contributed by atoms with Crippen LogP contribution >= 0.6 is 0 Å². The SMILES string of the molecule is CC(C)c1cccc(OCC(=O)N2CCO[C@H](C(=O)O)C2)c1. The lowest BCUT2D eigenvalue weighted by Gasteiger charge is -2.30. The average molecular weight is 307 g/mol. The van der Waals surface area contributed by atoms with E-state index in [9.17, 15) is 9.59 Å². The van der Waals surface area contributed by atoms with Crippen LogP contribution in [0, 0.1) is 0 Å². The van der Waals surface area contributed by atoms with Crippen molar-refractivity contribution in [2.45, 2.75) is 25.9 Å². The second kappa shape index (κ2) is 7.26. The van der Waals surface area contributed by atoms with E-state index in [0.29, 0.717) is 18.2 Å². The molecule has 0 aromatic heterocycles. The number of carbonyl (C=O) groups excluding carboxylic acids is 1. The van der Waals surface area contributed by atoms with Crippen LogP contribution in [0.3, 0.4) is 0 Å². The summed E-state index contributed by atoms with van der Waals surface area (Å²) in [6.45, 7) is 4.75. The van der Waals surface area contributed by atoms with E-state index in [-0.39, 0.29) is 25.7 Å². The van der Waals surface area contributed by atoms with Crippen LogP contribution in [0.5, 0.6) is 5.75 Å². The molecule has 0 spiro atoms. The third-order valence-electron chi connectivity index (χ3n) is 3.58. The molecule has 0 saturated carbocycles. The number of amides is 1. The van der Waals surface area contributed by atoms with Gasteiger partial charge < -0.3 is 19.5 Å². The van der Waals surface area contributed by atoms with Gasteiger partial charge in [0, 0.05) is 6.54 Å². The monoisotopic (exact) mass is 307 g/mol. The first-order valence-corrected chi connectivity index (χ1v) is 7.32. The number of ether oxygens (including phenoxy) is 2. The van der Waals surface area contributed by atoms with Crippen LogP contribution in [-0.2, 0) is 14.3 Å². The molecule has 1 aromatic carbocycles. The van der Waals surface area contributed by atoms with E-state index < -0.39 is 12.1 Å². The van der Waals surface area contributed by atoms with Gasteiger partial charge in [0.25, 0.3) is 5.91 Å². The van der Waals surface area contributed by atoms with E-state index in [1.165, 1.54) is 4.90 Å². The quantitative estimate of drug-likeness (QED) is 0.892. The summed E-state index contributed by atoms with van der Waals surface area (Å²) in [5.41, 5.74) is 1.14. The fourth-order valence-electron chi connectivity index (χ4n) is 2.23. The highest BCUT2D eigenvalue weighted by atomic mass is 16.5. The number of hydrogen-bond donors (Lipinski definition) is 1. The third kappa shape index (κ3) is 4.21. The van der Waals surface area contributed by atoms with Crippen molar-refractivity contribution in [1.29, 1.82) is 0 Å². The minimum atomic E-state index is -1.05. The number of carboxylic acids is 1. The Hall–Kier alpha value is -2.08. The third-order valence-corrected chi connectivity index (χ3v) is 3.58. The van der Waals surface area contributed by atoms with Crippen LogP contribution in [0.2, 0.25) is 0 Å². The molecule has 0 unspecified atom stereocenters. The molecular weight excluding hydrogens is 286 g/mol. The van der Waals surface area contributed by atoms with Crippen LogP contribution in [0.15, 0.2) is 24.3 Å². The van der Waals surface area contributed by atoms with Crippen LogP contribution in [0.1, 0.15) is 25.3 Å². The number of hydrogen-bond acceptors (Lipinski definition) is 4. The lowest BCUT2D eigenvalue weighted by atomic mass is 10.0. The molecule has 1 aromatic rings. The van der Waals surface area contributed by atoms with Crippen molar-refractivity contribution in [2.24, 2.45) is 0 Å². The zero-order valence-electron chi connectivity index (χ0n) is 12.8. The van der Waals surface area contributed by atoms with E-state index in [4.69, 9.17) is 14.6 Å². The smallest absolute Gasteiger partial charge is 0.334 e. The zero-order chi connectivity index (χ0) is 16.1. The number of benzene rings is 1. The van der Waals surface area contributed by atoms with Crippen molar-refractivity contribution in [3.8, 4) is 5.75 Å². The summed E-state index contributed by atoms with van der Waals surface area (Å²) in [5.74, 6) is -0.259. The van der Waals surface area contributed by atoms with E-state index in [1.54, 1.807) is 6.07 Å². The lowest BCUT2D eigenvalue weighted by molar-refractivity contribution is -0.159. The Kier molecular flexibility index (Phi) is 5.38. The topological polar surface area (TPSA) is 76.1 Å². The highest BCUT2D eigenvalue weighted by Gasteiger charge is 2.29. The summed E-state index contributed by atoms with van der Waals surface area (Å²) < 4.78 is 10.6. The van der Waals surface area contributed by atoms with Gasteiger partial charge in [0.2, 0.25) is 0 Å². The van der Waals surface area contributed by atoms with E-state index in [0.717, 1.165) is 5.56 Å². The Labute approximate surface area is 129 Å². The first-order valence-electron chi connectivity index (χ1n) is 7.32. The first kappa shape index (κ1) is 16.3. The average Bonchev–Trinajstić information content (AvgIpc) is 2.53. The van der Waals surface area contributed by atoms with Crippen molar-refractivity contribution >= 4 is 11.9 Å². The summed E-state index contributed by atoms with van der Waals surface area (Å²) in [6, 6.07) is 7.62. The van der Waals surface area contributed by atoms with Crippen LogP contribution < -0.4 is 4.74 Å². The first-order chi connectivity index (χ1) is 10.5. The normalized spacial score (nSPS) is 18.3. The van der Waals surface area contributed by atoms with Gasteiger partial charge in [-0.15, -0.1) is 0 Å². The second-order valence-corrected chi connectivity index (χ2v) is 5.55. The number of carboxylic acid groups (broad SMARTS) is 1. The van der Waals surface area contributed by atoms with Gasteiger partial charge in [0.05, 0.1) is 13.2 Å². The summed E-state index contributed by atoms with van der Waals surface area (Å²) in [6.07, 6.45) is -0.957. The van der Waals surface area contributed by atoms with Gasteiger partial charge in [0.15, 0.2) is 12.7 Å². The molecule has 1 saturated heterocycles. The predicted molar refractivity (Wildman–Crippen MR) is 80.0 cm³/mol. The van der Waals surface area contributed by atoms with Crippen molar-refractivity contribution in [1.82, 2.24) is 4.90 Å². The molecule has 1 atom stereocenters. The van der Waals surface area contributed by atoms with E-state index >= 15 is 0 Å². The molecule has 0 bridgehead atoms. The maximum atomic E-state index is 12.1. The Balaban J connectivity index is 1.89. The number of aliphatic carboxylic acids is 1. The molecule has 0 radical (unpaired) electrons. The summed E-state index contributed by atoms with van der Waals surface area (Å²) in [4.78, 5) is 24.5. The molecule has 2 rings (SSSR count). The summed E-state index contributed by atoms with van der Waals surface area (Å²) >= 11 is 0. The molecule has 6 heteroatoms. The number of rotatable bonds is 5. The highest BCUT2D eigenvalue weighted by molar-refractivity contribution is 5.79. The highest BCUT2D eigenvalue weighted by Crippen LogP contribution is 2.20. The molecule has 1 aliphatic rings. The second-order valence-electron chi connectivity index (χ2n) is 5.55. The van der Waals surface area contributed by atoms with Crippen molar-refractivity contribution < 1.29 is 24.2 Å². The Morgan fingerprint density at radius 1 is 1.45 bits per heavy atom. The van der Waals surface area contributed by atoms with Crippen LogP contribution in [-0.4, -0.2) is 54.3 Å². The molecule has 1 fully saturated rings. The van der Waals surface area contributed by atoms with Gasteiger partial charge in [-0.25, -0.2) is 4.79 Å². The largest absolute Gasteiger partial charge is 0.484 e. The lowest BCUT2D eigenvalue weighted by Crippen LogP contribution is -2.49. The maximum absolute atomic E-state index is 12.1. The Morgan fingerprint density at radius 2 is 2.23 bits per heavy atom. The van der Waals surface area contributed by atoms with Gasteiger partial charge in [-0.3, -0.25) is 4.79 Å². The number of nitrogens with zero attached hydrogens (tertiary/aromatic N) is 1. The van der Waals surface area contributed by atoms with Gasteiger partial charge in [-0.2, -0.15) is 0 Å². The molecule has 6 nitrogen and oxygen atoms in total. The fraction of sp³-hybridized carbons (Fsp3) is 0.500.